The largest absolute Gasteiger partial charge is 0.481 e. The number of alkyl carbamates (subject to hydrolysis) is 1. The van der Waals surface area contributed by atoms with Crippen molar-refractivity contribution in [3.05, 3.63) is 59.7 Å². The first-order valence-corrected chi connectivity index (χ1v) is 11.5. The topological polar surface area (TPSA) is 125 Å². The molecule has 0 fully saturated rings. The zero-order chi connectivity index (χ0) is 25.5. The number of carbonyl (C=O) groups excluding carboxylic acids is 3. The van der Waals surface area contributed by atoms with Gasteiger partial charge in [0.15, 0.2) is 0 Å². The summed E-state index contributed by atoms with van der Waals surface area (Å²) in [5.74, 6) is -2.31. The van der Waals surface area contributed by atoms with Gasteiger partial charge in [-0.1, -0.05) is 62.4 Å². The van der Waals surface area contributed by atoms with Crippen LogP contribution in [0.4, 0.5) is 4.79 Å². The molecule has 3 N–H and O–H groups in total. The third-order valence-electron chi connectivity index (χ3n) is 6.07. The number of likely N-dealkylation sites (N-methyl/N-ethyl adjacent to an activating group) is 1. The smallest absolute Gasteiger partial charge is 0.407 e. The summed E-state index contributed by atoms with van der Waals surface area (Å²) in [5.41, 5.74) is 4.42. The molecule has 1 aliphatic carbocycles. The van der Waals surface area contributed by atoms with E-state index >= 15 is 0 Å². The predicted octanol–water partition coefficient (Wildman–Crippen LogP) is 2.60. The molecule has 2 aromatic carbocycles. The second kappa shape index (κ2) is 11.5. The van der Waals surface area contributed by atoms with E-state index in [0.717, 1.165) is 22.3 Å². The highest BCUT2D eigenvalue weighted by molar-refractivity contribution is 5.89. The molecule has 2 aromatic rings. The molecular weight excluding hydrogens is 450 g/mol. The van der Waals surface area contributed by atoms with Crippen LogP contribution in [0.5, 0.6) is 0 Å². The Morgan fingerprint density at radius 3 is 2.11 bits per heavy atom. The van der Waals surface area contributed by atoms with E-state index in [4.69, 9.17) is 9.84 Å². The van der Waals surface area contributed by atoms with Gasteiger partial charge in [-0.3, -0.25) is 14.4 Å². The van der Waals surface area contributed by atoms with Crippen molar-refractivity contribution >= 4 is 23.9 Å². The number of aliphatic carboxylic acids is 1. The van der Waals surface area contributed by atoms with Crippen molar-refractivity contribution in [1.82, 2.24) is 15.5 Å². The second-order valence-corrected chi connectivity index (χ2v) is 8.87. The van der Waals surface area contributed by atoms with Crippen molar-refractivity contribution in [3.63, 3.8) is 0 Å². The molecule has 9 heteroatoms. The van der Waals surface area contributed by atoms with Crippen molar-refractivity contribution in [2.45, 2.75) is 32.2 Å². The molecule has 35 heavy (non-hydrogen) atoms. The molecule has 0 radical (unpaired) electrons. The number of carboxylic acids is 1. The van der Waals surface area contributed by atoms with E-state index in [9.17, 15) is 19.2 Å². The minimum Gasteiger partial charge on any atom is -0.481 e. The van der Waals surface area contributed by atoms with E-state index in [1.807, 2.05) is 48.5 Å². The summed E-state index contributed by atoms with van der Waals surface area (Å²) < 4.78 is 5.53. The summed E-state index contributed by atoms with van der Waals surface area (Å²) in [5, 5.41) is 13.8. The van der Waals surface area contributed by atoms with Gasteiger partial charge in [0.1, 0.15) is 12.6 Å². The molecule has 0 aliphatic heterocycles. The fourth-order valence-corrected chi connectivity index (χ4v) is 4.10. The van der Waals surface area contributed by atoms with Crippen LogP contribution in [0.1, 0.15) is 37.3 Å². The fourth-order valence-electron chi connectivity index (χ4n) is 4.10. The van der Waals surface area contributed by atoms with Gasteiger partial charge in [-0.2, -0.15) is 0 Å². The monoisotopic (exact) mass is 481 g/mol. The first-order valence-electron chi connectivity index (χ1n) is 11.5. The van der Waals surface area contributed by atoms with Gasteiger partial charge in [0, 0.05) is 19.5 Å². The van der Waals surface area contributed by atoms with Gasteiger partial charge >= 0.3 is 12.1 Å². The average molecular weight is 482 g/mol. The Balaban J connectivity index is 1.55. The third-order valence-corrected chi connectivity index (χ3v) is 6.07. The van der Waals surface area contributed by atoms with E-state index in [1.165, 1.54) is 11.9 Å². The molecule has 1 aliphatic rings. The zero-order valence-electron chi connectivity index (χ0n) is 20.1. The van der Waals surface area contributed by atoms with E-state index in [0.29, 0.717) is 0 Å². The first-order chi connectivity index (χ1) is 16.7. The van der Waals surface area contributed by atoms with Gasteiger partial charge in [0.25, 0.3) is 0 Å². The molecule has 3 amide bonds. The maximum absolute atomic E-state index is 12.7. The number of hydrogen-bond acceptors (Lipinski definition) is 5. The quantitative estimate of drug-likeness (QED) is 0.479. The van der Waals surface area contributed by atoms with E-state index in [-0.39, 0.29) is 38.0 Å². The predicted molar refractivity (Wildman–Crippen MR) is 130 cm³/mol. The molecular formula is C26H31N3O6. The Kier molecular flexibility index (Phi) is 8.46. The zero-order valence-corrected chi connectivity index (χ0v) is 20.1. The van der Waals surface area contributed by atoms with Gasteiger partial charge in [-0.25, -0.2) is 4.79 Å². The summed E-state index contributed by atoms with van der Waals surface area (Å²) in [6.07, 6.45) is -0.903. The Hall–Kier alpha value is -3.88. The average Bonchev–Trinajstić information content (AvgIpc) is 3.16. The highest BCUT2D eigenvalue weighted by Crippen LogP contribution is 2.44. The molecule has 9 nitrogen and oxygen atoms in total. The lowest BCUT2D eigenvalue weighted by Crippen LogP contribution is -2.51. The normalized spacial score (nSPS) is 12.9. The Morgan fingerprint density at radius 1 is 1.00 bits per heavy atom. The van der Waals surface area contributed by atoms with E-state index in [1.54, 1.807) is 13.8 Å². The number of nitrogens with zero attached hydrogens (tertiary/aromatic N) is 1. The van der Waals surface area contributed by atoms with Crippen LogP contribution >= 0.6 is 0 Å². The van der Waals surface area contributed by atoms with Crippen LogP contribution in [0.2, 0.25) is 0 Å². The van der Waals surface area contributed by atoms with Crippen molar-refractivity contribution in [2.24, 2.45) is 5.92 Å². The highest BCUT2D eigenvalue weighted by atomic mass is 16.5. The lowest BCUT2D eigenvalue weighted by molar-refractivity contribution is -0.138. The molecule has 0 saturated carbocycles. The van der Waals surface area contributed by atoms with Crippen LogP contribution < -0.4 is 10.6 Å². The van der Waals surface area contributed by atoms with Crippen LogP contribution in [0.25, 0.3) is 11.1 Å². The molecule has 0 heterocycles. The number of ether oxygens (including phenoxy) is 1. The van der Waals surface area contributed by atoms with Crippen molar-refractivity contribution < 1.29 is 29.0 Å². The van der Waals surface area contributed by atoms with Gasteiger partial charge < -0.3 is 25.4 Å². The molecule has 1 atom stereocenters. The first kappa shape index (κ1) is 25.7. The number of nitrogens with one attached hydrogen (secondary N) is 2. The number of fused-ring (bicyclic) bond motifs is 3. The Bertz CT molecular complexity index is 1050. The van der Waals surface area contributed by atoms with Crippen LogP contribution in [-0.4, -0.2) is 66.7 Å². The van der Waals surface area contributed by atoms with Crippen LogP contribution in [0.15, 0.2) is 48.5 Å². The second-order valence-electron chi connectivity index (χ2n) is 8.87. The molecule has 0 unspecified atom stereocenters. The maximum atomic E-state index is 12.7. The fraction of sp³-hybridized carbons (Fsp3) is 0.385. The van der Waals surface area contributed by atoms with Crippen molar-refractivity contribution in [3.8, 4) is 11.1 Å². The summed E-state index contributed by atoms with van der Waals surface area (Å²) in [6.45, 7) is 3.41. The summed E-state index contributed by atoms with van der Waals surface area (Å²) in [4.78, 5) is 49.3. The highest BCUT2D eigenvalue weighted by Gasteiger charge is 2.30. The number of hydrogen-bond donors (Lipinski definition) is 3. The summed E-state index contributed by atoms with van der Waals surface area (Å²) in [7, 11) is 1.46. The van der Waals surface area contributed by atoms with Crippen LogP contribution in [0, 0.1) is 5.92 Å². The van der Waals surface area contributed by atoms with Gasteiger partial charge in [-0.05, 0) is 28.2 Å². The van der Waals surface area contributed by atoms with Crippen molar-refractivity contribution in [2.75, 3.05) is 26.7 Å². The number of benzene rings is 2. The van der Waals surface area contributed by atoms with E-state index < -0.39 is 29.9 Å². The molecule has 0 aromatic heterocycles. The van der Waals surface area contributed by atoms with Gasteiger partial charge in [-0.15, -0.1) is 0 Å². The van der Waals surface area contributed by atoms with Crippen LogP contribution in [-0.2, 0) is 19.1 Å². The number of amides is 3. The molecule has 0 spiro atoms. The van der Waals surface area contributed by atoms with Gasteiger partial charge in [0.2, 0.25) is 11.8 Å². The van der Waals surface area contributed by atoms with Crippen LogP contribution in [0.3, 0.4) is 0 Å². The number of carboxylic acid groups (broad SMARTS) is 1. The minimum absolute atomic E-state index is 0.0373. The van der Waals surface area contributed by atoms with E-state index in [2.05, 4.69) is 10.6 Å². The Labute approximate surface area is 204 Å². The molecule has 0 saturated heterocycles. The minimum atomic E-state index is -1.01. The Morgan fingerprint density at radius 2 is 1.57 bits per heavy atom. The molecule has 3 rings (SSSR count). The summed E-state index contributed by atoms with van der Waals surface area (Å²) >= 11 is 0. The number of rotatable bonds is 10. The van der Waals surface area contributed by atoms with Gasteiger partial charge in [0.05, 0.1) is 13.0 Å². The van der Waals surface area contributed by atoms with Crippen molar-refractivity contribution in [1.29, 1.82) is 0 Å². The third kappa shape index (κ3) is 6.38. The SMILES string of the molecule is CC(C)[C@H](NC(=O)OCC1c2ccccc2-c2ccccc21)C(=O)NCC(=O)N(C)CCC(=O)O. The maximum Gasteiger partial charge on any atom is 0.407 e. The summed E-state index contributed by atoms with van der Waals surface area (Å²) in [6, 6.07) is 15.1. The lowest BCUT2D eigenvalue weighted by atomic mass is 9.98. The standard InChI is InChI=1S/C26H31N3O6/c1-16(2)24(25(33)27-14-22(30)29(3)13-12-23(31)32)28-26(34)35-15-21-19-10-6-4-8-17(19)18-9-5-7-11-20(18)21/h4-11,16,21,24H,12-15H2,1-3H3,(H,27,33)(H,28,34)(H,31,32)/t24-/m0/s1. The molecule has 186 valence electrons. The lowest BCUT2D eigenvalue weighted by Gasteiger charge is -2.23. The molecule has 0 bridgehead atoms. The number of carbonyl (C=O) groups is 4.